The molecule has 3 amide bonds. The minimum atomic E-state index is -0.596. The van der Waals surface area contributed by atoms with Gasteiger partial charge in [0.25, 0.3) is 5.91 Å². The Labute approximate surface area is 156 Å². The molecule has 0 unspecified atom stereocenters. The highest BCUT2D eigenvalue weighted by molar-refractivity contribution is 5.95. The zero-order chi connectivity index (χ0) is 19.4. The third-order valence-electron chi connectivity index (χ3n) is 4.85. The van der Waals surface area contributed by atoms with Crippen molar-refractivity contribution in [3.63, 3.8) is 0 Å². The number of methoxy groups -OCH3 is 1. The summed E-state index contributed by atoms with van der Waals surface area (Å²) in [7, 11) is 1.58. The lowest BCUT2D eigenvalue weighted by atomic mass is 9.83. The second-order valence-corrected chi connectivity index (χ2v) is 6.62. The van der Waals surface area contributed by atoms with Gasteiger partial charge in [-0.05, 0) is 37.5 Å². The molecule has 1 aromatic rings. The fourth-order valence-electron chi connectivity index (χ4n) is 3.42. The molecule has 0 saturated heterocycles. The van der Waals surface area contributed by atoms with Crippen molar-refractivity contribution in [1.82, 2.24) is 10.6 Å². The molecular formula is C18H23N3O6. The monoisotopic (exact) mass is 377 g/mol. The molecule has 3 atom stereocenters. The van der Waals surface area contributed by atoms with E-state index in [9.17, 15) is 14.4 Å². The molecule has 0 aromatic heterocycles. The quantitative estimate of drug-likeness (QED) is 0.636. The van der Waals surface area contributed by atoms with E-state index in [-0.39, 0.29) is 43.2 Å². The predicted octanol–water partition coefficient (Wildman–Crippen LogP) is -0.0697. The second kappa shape index (κ2) is 8.26. The number of nitrogens with one attached hydrogen (secondary N) is 2. The molecule has 1 fully saturated rings. The Hall–Kier alpha value is -2.81. The highest BCUT2D eigenvalue weighted by Crippen LogP contribution is 2.33. The molecule has 1 aliphatic carbocycles. The van der Waals surface area contributed by atoms with Gasteiger partial charge in [-0.2, -0.15) is 0 Å². The first-order valence-corrected chi connectivity index (χ1v) is 8.77. The van der Waals surface area contributed by atoms with Crippen LogP contribution < -0.4 is 25.8 Å². The maximum atomic E-state index is 12.6. The van der Waals surface area contributed by atoms with Crippen molar-refractivity contribution in [3.8, 4) is 11.5 Å². The topological polar surface area (TPSA) is 129 Å². The van der Waals surface area contributed by atoms with Gasteiger partial charge in [0.05, 0.1) is 18.7 Å². The zero-order valence-corrected chi connectivity index (χ0v) is 15.0. The summed E-state index contributed by atoms with van der Waals surface area (Å²) in [6, 6.07) is 4.64. The summed E-state index contributed by atoms with van der Waals surface area (Å²) in [6.07, 6.45) is 1.46. The van der Waals surface area contributed by atoms with Crippen molar-refractivity contribution in [2.24, 2.45) is 11.7 Å². The smallest absolute Gasteiger partial charge is 0.251 e. The molecule has 3 rings (SSSR count). The lowest BCUT2D eigenvalue weighted by molar-refractivity contribution is -0.129. The molecule has 0 radical (unpaired) electrons. The Morgan fingerprint density at radius 2 is 2.00 bits per heavy atom. The largest absolute Gasteiger partial charge is 0.454 e. The van der Waals surface area contributed by atoms with Crippen molar-refractivity contribution in [1.29, 1.82) is 0 Å². The van der Waals surface area contributed by atoms with Crippen LogP contribution >= 0.6 is 0 Å². The molecule has 27 heavy (non-hydrogen) atoms. The number of benzene rings is 1. The van der Waals surface area contributed by atoms with Crippen LogP contribution in [-0.4, -0.2) is 50.3 Å². The maximum absolute atomic E-state index is 12.6. The number of hydrogen-bond acceptors (Lipinski definition) is 6. The maximum Gasteiger partial charge on any atom is 0.251 e. The van der Waals surface area contributed by atoms with Gasteiger partial charge in [-0.15, -0.1) is 0 Å². The SMILES string of the molecule is CO[C@@H]1CC[C@H](C(=O)NCC(N)=O)C[C@H]1NC(=O)c1ccc2c(c1)OCO2. The second-order valence-electron chi connectivity index (χ2n) is 6.62. The molecule has 1 aromatic carbocycles. The number of ether oxygens (including phenoxy) is 3. The average molecular weight is 377 g/mol. The molecule has 0 spiro atoms. The molecule has 1 heterocycles. The van der Waals surface area contributed by atoms with Crippen LogP contribution in [-0.2, 0) is 14.3 Å². The Kier molecular flexibility index (Phi) is 5.80. The first-order valence-electron chi connectivity index (χ1n) is 8.77. The van der Waals surface area contributed by atoms with E-state index in [0.29, 0.717) is 36.3 Å². The van der Waals surface area contributed by atoms with Crippen LogP contribution in [0, 0.1) is 5.92 Å². The Balaban J connectivity index is 1.64. The van der Waals surface area contributed by atoms with Gasteiger partial charge in [-0.25, -0.2) is 0 Å². The number of nitrogens with two attached hydrogens (primary N) is 1. The van der Waals surface area contributed by atoms with E-state index in [1.165, 1.54) is 0 Å². The summed E-state index contributed by atoms with van der Waals surface area (Å²) in [5.41, 5.74) is 5.50. The molecule has 4 N–H and O–H groups in total. The molecule has 2 aliphatic rings. The van der Waals surface area contributed by atoms with Gasteiger partial charge in [0.2, 0.25) is 18.6 Å². The van der Waals surface area contributed by atoms with Gasteiger partial charge in [0.1, 0.15) is 0 Å². The fraction of sp³-hybridized carbons (Fsp3) is 0.500. The Morgan fingerprint density at radius 3 is 2.74 bits per heavy atom. The van der Waals surface area contributed by atoms with E-state index in [0.717, 1.165) is 0 Å². The Morgan fingerprint density at radius 1 is 1.22 bits per heavy atom. The van der Waals surface area contributed by atoms with Crippen molar-refractivity contribution >= 4 is 17.7 Å². The fourth-order valence-corrected chi connectivity index (χ4v) is 3.42. The van der Waals surface area contributed by atoms with Gasteiger partial charge in [-0.1, -0.05) is 0 Å². The van der Waals surface area contributed by atoms with Gasteiger partial charge in [-0.3, -0.25) is 14.4 Å². The van der Waals surface area contributed by atoms with E-state index >= 15 is 0 Å². The first kappa shape index (κ1) is 19.0. The van der Waals surface area contributed by atoms with E-state index < -0.39 is 5.91 Å². The summed E-state index contributed by atoms with van der Waals surface area (Å²) < 4.78 is 16.0. The number of amides is 3. The van der Waals surface area contributed by atoms with E-state index in [2.05, 4.69) is 10.6 Å². The molecule has 9 heteroatoms. The van der Waals surface area contributed by atoms with Gasteiger partial charge in [0.15, 0.2) is 11.5 Å². The van der Waals surface area contributed by atoms with Crippen LogP contribution in [0.4, 0.5) is 0 Å². The number of carbonyl (C=O) groups excluding carboxylic acids is 3. The predicted molar refractivity (Wildman–Crippen MR) is 94.2 cm³/mol. The van der Waals surface area contributed by atoms with Crippen molar-refractivity contribution in [2.45, 2.75) is 31.4 Å². The van der Waals surface area contributed by atoms with E-state index in [1.807, 2.05) is 0 Å². The lowest BCUT2D eigenvalue weighted by Gasteiger charge is -2.35. The summed E-state index contributed by atoms with van der Waals surface area (Å²) in [4.78, 5) is 35.7. The van der Waals surface area contributed by atoms with Crippen LogP contribution in [0.25, 0.3) is 0 Å². The van der Waals surface area contributed by atoms with Gasteiger partial charge < -0.3 is 30.6 Å². The molecule has 146 valence electrons. The van der Waals surface area contributed by atoms with Gasteiger partial charge in [0, 0.05) is 18.6 Å². The summed E-state index contributed by atoms with van der Waals surface area (Å²) in [5.74, 6) is -0.313. The molecule has 0 bridgehead atoms. The lowest BCUT2D eigenvalue weighted by Crippen LogP contribution is -2.50. The number of hydrogen-bond donors (Lipinski definition) is 3. The highest BCUT2D eigenvalue weighted by atomic mass is 16.7. The zero-order valence-electron chi connectivity index (χ0n) is 15.0. The molecule has 9 nitrogen and oxygen atoms in total. The van der Waals surface area contributed by atoms with Crippen LogP contribution in [0.15, 0.2) is 18.2 Å². The van der Waals surface area contributed by atoms with Crippen LogP contribution in [0.1, 0.15) is 29.6 Å². The van der Waals surface area contributed by atoms with Crippen LogP contribution in [0.2, 0.25) is 0 Å². The van der Waals surface area contributed by atoms with Crippen molar-refractivity contribution < 1.29 is 28.6 Å². The van der Waals surface area contributed by atoms with Gasteiger partial charge >= 0.3 is 0 Å². The number of primary amides is 1. The summed E-state index contributed by atoms with van der Waals surface area (Å²) >= 11 is 0. The normalized spacial score (nSPS) is 23.5. The highest BCUT2D eigenvalue weighted by Gasteiger charge is 2.35. The number of carbonyl (C=O) groups is 3. The van der Waals surface area contributed by atoms with Crippen molar-refractivity contribution in [2.75, 3.05) is 20.4 Å². The van der Waals surface area contributed by atoms with E-state index in [1.54, 1.807) is 25.3 Å². The third-order valence-corrected chi connectivity index (χ3v) is 4.85. The first-order chi connectivity index (χ1) is 13.0. The minimum Gasteiger partial charge on any atom is -0.454 e. The average Bonchev–Trinajstić information content (AvgIpc) is 3.13. The van der Waals surface area contributed by atoms with E-state index in [4.69, 9.17) is 19.9 Å². The molecular weight excluding hydrogens is 354 g/mol. The van der Waals surface area contributed by atoms with Crippen molar-refractivity contribution in [3.05, 3.63) is 23.8 Å². The Bertz CT molecular complexity index is 738. The van der Waals surface area contributed by atoms with Crippen LogP contribution in [0.3, 0.4) is 0 Å². The number of rotatable bonds is 6. The number of fused-ring (bicyclic) bond motifs is 1. The summed E-state index contributed by atoms with van der Waals surface area (Å²) in [5, 5.41) is 5.47. The third kappa shape index (κ3) is 4.48. The van der Waals surface area contributed by atoms with Crippen LogP contribution in [0.5, 0.6) is 11.5 Å². The minimum absolute atomic E-state index is 0.136. The molecule has 1 aliphatic heterocycles. The summed E-state index contributed by atoms with van der Waals surface area (Å²) in [6.45, 7) is -0.0614. The molecule has 1 saturated carbocycles. The standard InChI is InChI=1S/C18H23N3O6/c1-25-13-4-2-10(17(23)20-8-16(19)22)6-12(13)21-18(24)11-3-5-14-15(7-11)27-9-26-14/h3,5,7,10,12-13H,2,4,6,8-9H2,1H3,(H2,19,22)(H,20,23)(H,21,24)/t10-,12+,13+/m0/s1.